The Bertz CT molecular complexity index is 521. The molecule has 1 atom stereocenters. The monoisotopic (exact) mass is 289 g/mol. The lowest BCUT2D eigenvalue weighted by Crippen LogP contribution is -2.47. The zero-order chi connectivity index (χ0) is 13.2. The summed E-state index contributed by atoms with van der Waals surface area (Å²) in [4.78, 5) is 3.96. The molecule has 1 saturated heterocycles. The fourth-order valence-electron chi connectivity index (χ4n) is 2.19. The van der Waals surface area contributed by atoms with Crippen molar-refractivity contribution in [2.75, 3.05) is 13.1 Å². The van der Waals surface area contributed by atoms with Crippen molar-refractivity contribution in [2.45, 2.75) is 30.2 Å². The smallest absolute Gasteiger partial charge is 0.244 e. The van der Waals surface area contributed by atoms with Crippen LogP contribution in [0.5, 0.6) is 0 Å². The first-order valence-electron chi connectivity index (χ1n) is 5.88. The summed E-state index contributed by atoms with van der Waals surface area (Å²) >= 11 is 5.79. The van der Waals surface area contributed by atoms with Crippen molar-refractivity contribution in [1.82, 2.24) is 9.29 Å². The maximum absolute atomic E-state index is 12.5. The molecule has 2 rings (SSSR count). The quantitative estimate of drug-likeness (QED) is 0.908. The second-order valence-electron chi connectivity index (χ2n) is 4.34. The molecule has 18 heavy (non-hydrogen) atoms. The lowest BCUT2D eigenvalue weighted by molar-refractivity contribution is 0.257. The highest BCUT2D eigenvalue weighted by molar-refractivity contribution is 7.89. The van der Waals surface area contributed by atoms with Gasteiger partial charge in [-0.25, -0.2) is 8.42 Å². The van der Waals surface area contributed by atoms with Crippen molar-refractivity contribution >= 4 is 21.6 Å². The van der Waals surface area contributed by atoms with Crippen molar-refractivity contribution in [2.24, 2.45) is 5.73 Å². The van der Waals surface area contributed by atoms with Crippen molar-refractivity contribution < 1.29 is 8.42 Å². The summed E-state index contributed by atoms with van der Waals surface area (Å²) < 4.78 is 26.4. The van der Waals surface area contributed by atoms with Gasteiger partial charge in [-0.2, -0.15) is 4.31 Å². The Labute approximate surface area is 112 Å². The Balaban J connectivity index is 2.35. The van der Waals surface area contributed by atoms with Crippen molar-refractivity contribution in [3.63, 3.8) is 0 Å². The highest BCUT2D eigenvalue weighted by Crippen LogP contribution is 2.25. The van der Waals surface area contributed by atoms with Crippen LogP contribution in [-0.4, -0.2) is 36.8 Å². The fraction of sp³-hybridized carbons (Fsp3) is 0.545. The topological polar surface area (TPSA) is 76.3 Å². The number of nitrogens with two attached hydrogens (primary N) is 1. The van der Waals surface area contributed by atoms with Gasteiger partial charge in [0.25, 0.3) is 0 Å². The summed E-state index contributed by atoms with van der Waals surface area (Å²) in [5, 5.41) is 0.317. The molecule has 0 spiro atoms. The highest BCUT2D eigenvalue weighted by Gasteiger charge is 2.32. The van der Waals surface area contributed by atoms with Gasteiger partial charge < -0.3 is 5.73 Å². The number of aromatic nitrogens is 1. The maximum Gasteiger partial charge on any atom is 0.244 e. The van der Waals surface area contributed by atoms with E-state index in [0.717, 1.165) is 19.3 Å². The van der Waals surface area contributed by atoms with Crippen LogP contribution in [0.2, 0.25) is 5.02 Å². The molecule has 1 aromatic rings. The second kappa shape index (κ2) is 5.52. The normalized spacial score (nSPS) is 22.0. The van der Waals surface area contributed by atoms with Crippen LogP contribution in [0.4, 0.5) is 0 Å². The standard InChI is InChI=1S/C11H16ClN3O2S/c12-9-5-11(8-14-7-9)18(16,17)15-4-2-1-3-10(15)6-13/h5,7-8,10H,1-4,6,13H2. The average Bonchev–Trinajstić information content (AvgIpc) is 2.38. The third-order valence-corrected chi connectivity index (χ3v) is 5.26. The largest absolute Gasteiger partial charge is 0.329 e. The zero-order valence-electron chi connectivity index (χ0n) is 9.92. The Hall–Kier alpha value is -0.690. The Morgan fingerprint density at radius 3 is 2.89 bits per heavy atom. The summed E-state index contributed by atoms with van der Waals surface area (Å²) in [5.74, 6) is 0. The van der Waals surface area contributed by atoms with E-state index >= 15 is 0 Å². The predicted molar refractivity (Wildman–Crippen MR) is 69.8 cm³/mol. The maximum atomic E-state index is 12.5. The van der Waals surface area contributed by atoms with E-state index in [2.05, 4.69) is 4.98 Å². The van der Waals surface area contributed by atoms with Gasteiger partial charge in [0.2, 0.25) is 10.0 Å². The first-order chi connectivity index (χ1) is 8.55. The molecule has 5 nitrogen and oxygen atoms in total. The zero-order valence-corrected chi connectivity index (χ0v) is 11.5. The van der Waals surface area contributed by atoms with E-state index in [9.17, 15) is 8.42 Å². The van der Waals surface area contributed by atoms with Crippen LogP contribution in [0.25, 0.3) is 0 Å². The number of hydrogen-bond acceptors (Lipinski definition) is 4. The summed E-state index contributed by atoms with van der Waals surface area (Å²) in [6.07, 6.45) is 5.43. The van der Waals surface area contributed by atoms with Gasteiger partial charge >= 0.3 is 0 Å². The number of pyridine rings is 1. The van der Waals surface area contributed by atoms with Crippen LogP contribution in [0, 0.1) is 0 Å². The molecule has 1 aliphatic rings. The van der Waals surface area contributed by atoms with E-state index in [1.165, 1.54) is 22.8 Å². The van der Waals surface area contributed by atoms with Crippen LogP contribution < -0.4 is 5.73 Å². The lowest BCUT2D eigenvalue weighted by atomic mass is 10.1. The number of nitrogens with zero attached hydrogens (tertiary/aromatic N) is 2. The molecule has 0 radical (unpaired) electrons. The molecule has 0 amide bonds. The molecule has 1 unspecified atom stereocenters. The fourth-order valence-corrected chi connectivity index (χ4v) is 4.13. The van der Waals surface area contributed by atoms with E-state index in [1.54, 1.807) is 0 Å². The average molecular weight is 290 g/mol. The first kappa shape index (κ1) is 13.7. The molecule has 2 heterocycles. The van der Waals surface area contributed by atoms with Gasteiger partial charge in [-0.05, 0) is 18.9 Å². The summed E-state index contributed by atoms with van der Waals surface area (Å²) in [5.41, 5.74) is 5.65. The summed E-state index contributed by atoms with van der Waals surface area (Å²) in [6, 6.07) is 1.30. The molecule has 7 heteroatoms. The SMILES string of the molecule is NCC1CCCCN1S(=O)(=O)c1cncc(Cl)c1. The second-order valence-corrected chi connectivity index (χ2v) is 6.67. The number of rotatable bonds is 3. The molecular weight excluding hydrogens is 274 g/mol. The van der Waals surface area contributed by atoms with E-state index in [4.69, 9.17) is 17.3 Å². The Morgan fingerprint density at radius 2 is 2.22 bits per heavy atom. The van der Waals surface area contributed by atoms with Crippen LogP contribution >= 0.6 is 11.6 Å². The van der Waals surface area contributed by atoms with Gasteiger partial charge in [0.1, 0.15) is 4.90 Å². The molecular formula is C11H16ClN3O2S. The van der Waals surface area contributed by atoms with E-state index in [0.29, 0.717) is 18.1 Å². The minimum atomic E-state index is -3.54. The van der Waals surface area contributed by atoms with Gasteiger partial charge in [0.05, 0.1) is 5.02 Å². The first-order valence-corrected chi connectivity index (χ1v) is 7.70. The number of sulfonamides is 1. The minimum Gasteiger partial charge on any atom is -0.329 e. The highest BCUT2D eigenvalue weighted by atomic mass is 35.5. The van der Waals surface area contributed by atoms with Gasteiger partial charge in [0, 0.05) is 31.5 Å². The third-order valence-electron chi connectivity index (χ3n) is 3.13. The van der Waals surface area contributed by atoms with Crippen LogP contribution in [0.1, 0.15) is 19.3 Å². The van der Waals surface area contributed by atoms with E-state index < -0.39 is 10.0 Å². The number of piperidine rings is 1. The third kappa shape index (κ3) is 2.66. The van der Waals surface area contributed by atoms with Crippen molar-refractivity contribution in [3.8, 4) is 0 Å². The molecule has 0 aliphatic carbocycles. The Morgan fingerprint density at radius 1 is 1.44 bits per heavy atom. The molecule has 1 aromatic heterocycles. The molecule has 2 N–H and O–H groups in total. The molecule has 100 valence electrons. The van der Waals surface area contributed by atoms with Gasteiger partial charge in [-0.3, -0.25) is 4.98 Å². The molecule has 0 saturated carbocycles. The minimum absolute atomic E-state index is 0.122. The molecule has 0 bridgehead atoms. The van der Waals surface area contributed by atoms with Crippen molar-refractivity contribution in [3.05, 3.63) is 23.5 Å². The number of hydrogen-bond donors (Lipinski definition) is 1. The lowest BCUT2D eigenvalue weighted by Gasteiger charge is -2.33. The summed E-state index contributed by atoms with van der Waals surface area (Å²) in [7, 11) is -3.54. The Kier molecular flexibility index (Phi) is 4.21. The molecule has 1 aliphatic heterocycles. The molecule has 0 aromatic carbocycles. The van der Waals surface area contributed by atoms with Gasteiger partial charge in [-0.1, -0.05) is 18.0 Å². The predicted octanol–water partition coefficient (Wildman–Crippen LogP) is 1.24. The van der Waals surface area contributed by atoms with E-state index in [-0.39, 0.29) is 10.9 Å². The summed E-state index contributed by atoms with van der Waals surface area (Å²) in [6.45, 7) is 0.851. The van der Waals surface area contributed by atoms with Crippen LogP contribution in [-0.2, 0) is 10.0 Å². The molecule has 1 fully saturated rings. The van der Waals surface area contributed by atoms with Gasteiger partial charge in [0.15, 0.2) is 0 Å². The van der Waals surface area contributed by atoms with Crippen LogP contribution in [0.15, 0.2) is 23.4 Å². The van der Waals surface area contributed by atoms with Gasteiger partial charge in [-0.15, -0.1) is 0 Å². The van der Waals surface area contributed by atoms with Crippen LogP contribution in [0.3, 0.4) is 0 Å². The van der Waals surface area contributed by atoms with Crippen molar-refractivity contribution in [1.29, 1.82) is 0 Å². The number of halogens is 1. The van der Waals surface area contributed by atoms with E-state index in [1.807, 2.05) is 0 Å².